The van der Waals surface area contributed by atoms with Gasteiger partial charge in [-0.15, -0.1) is 0 Å². The molecule has 1 fully saturated rings. The van der Waals surface area contributed by atoms with Crippen molar-refractivity contribution in [3.63, 3.8) is 0 Å². The fourth-order valence-corrected chi connectivity index (χ4v) is 0.486. The van der Waals surface area contributed by atoms with Gasteiger partial charge in [-0.25, -0.2) is 4.89 Å². The topological polar surface area (TPSA) is 38.7 Å². The molecule has 0 spiro atoms. The summed E-state index contributed by atoms with van der Waals surface area (Å²) in [6.07, 6.45) is 0. The lowest BCUT2D eigenvalue weighted by atomic mass is 10.1. The molecular formula is C4H8O3. The van der Waals surface area contributed by atoms with Crippen molar-refractivity contribution in [3.05, 3.63) is 0 Å². The molecule has 42 valence electrons. The Morgan fingerprint density at radius 1 is 1.71 bits per heavy atom. The van der Waals surface area contributed by atoms with Crippen molar-refractivity contribution < 1.29 is 14.9 Å². The van der Waals surface area contributed by atoms with Crippen molar-refractivity contribution in [2.75, 3.05) is 19.8 Å². The minimum Gasteiger partial charge on any atom is -0.381 e. The van der Waals surface area contributed by atoms with E-state index in [4.69, 9.17) is 9.99 Å². The Labute approximate surface area is 41.8 Å². The second kappa shape index (κ2) is 2.26. The average molecular weight is 104 g/mol. The fourth-order valence-electron chi connectivity index (χ4n) is 0.486. The second-order valence-corrected chi connectivity index (χ2v) is 1.70. The average Bonchev–Trinajstić information content (AvgIpc) is 1.55. The first-order chi connectivity index (χ1) is 3.43. The molecule has 0 radical (unpaired) electrons. The minimum atomic E-state index is 0.417. The van der Waals surface area contributed by atoms with Crippen molar-refractivity contribution >= 4 is 0 Å². The lowest BCUT2D eigenvalue weighted by Crippen LogP contribution is -2.31. The molecule has 1 aliphatic rings. The summed E-state index contributed by atoms with van der Waals surface area (Å²) in [4.78, 5) is 3.87. The van der Waals surface area contributed by atoms with Gasteiger partial charge in [-0.1, -0.05) is 0 Å². The van der Waals surface area contributed by atoms with Crippen molar-refractivity contribution in [1.82, 2.24) is 0 Å². The van der Waals surface area contributed by atoms with Gasteiger partial charge < -0.3 is 4.74 Å². The number of hydrogen-bond acceptors (Lipinski definition) is 3. The molecule has 0 aliphatic carbocycles. The third kappa shape index (κ3) is 1.12. The van der Waals surface area contributed by atoms with Crippen LogP contribution < -0.4 is 0 Å². The van der Waals surface area contributed by atoms with E-state index in [9.17, 15) is 0 Å². The monoisotopic (exact) mass is 104 g/mol. The molecule has 0 bridgehead atoms. The number of ether oxygens (including phenoxy) is 1. The summed E-state index contributed by atoms with van der Waals surface area (Å²) in [5.41, 5.74) is 0. The van der Waals surface area contributed by atoms with Gasteiger partial charge in [-0.3, -0.25) is 5.26 Å². The van der Waals surface area contributed by atoms with Crippen LogP contribution in [-0.4, -0.2) is 25.1 Å². The molecule has 1 saturated heterocycles. The van der Waals surface area contributed by atoms with Gasteiger partial charge in [-0.2, -0.15) is 0 Å². The van der Waals surface area contributed by atoms with Crippen LogP contribution in [0, 0.1) is 5.92 Å². The maximum Gasteiger partial charge on any atom is 0.0892 e. The van der Waals surface area contributed by atoms with Gasteiger partial charge >= 0.3 is 0 Å². The first-order valence-corrected chi connectivity index (χ1v) is 2.27. The summed E-state index contributed by atoms with van der Waals surface area (Å²) in [5.74, 6) is 0.435. The smallest absolute Gasteiger partial charge is 0.0892 e. The Hall–Kier alpha value is -0.120. The van der Waals surface area contributed by atoms with Crippen LogP contribution >= 0.6 is 0 Å². The van der Waals surface area contributed by atoms with Gasteiger partial charge in [0.1, 0.15) is 0 Å². The molecule has 0 aromatic carbocycles. The molecular weight excluding hydrogens is 96.0 g/mol. The van der Waals surface area contributed by atoms with Crippen LogP contribution in [0.5, 0.6) is 0 Å². The molecule has 1 heterocycles. The Balaban J connectivity index is 1.93. The van der Waals surface area contributed by atoms with Crippen LogP contribution in [-0.2, 0) is 9.62 Å². The minimum absolute atomic E-state index is 0.417. The van der Waals surface area contributed by atoms with E-state index in [-0.39, 0.29) is 0 Å². The van der Waals surface area contributed by atoms with Crippen molar-refractivity contribution in [3.8, 4) is 0 Å². The van der Waals surface area contributed by atoms with E-state index in [2.05, 4.69) is 4.89 Å². The lowest BCUT2D eigenvalue weighted by molar-refractivity contribution is -0.266. The summed E-state index contributed by atoms with van der Waals surface area (Å²) in [5, 5.41) is 7.85. The highest BCUT2D eigenvalue weighted by Crippen LogP contribution is 2.08. The van der Waals surface area contributed by atoms with Crippen LogP contribution in [0.15, 0.2) is 0 Å². The zero-order valence-electron chi connectivity index (χ0n) is 3.96. The van der Waals surface area contributed by atoms with Crippen LogP contribution in [0.1, 0.15) is 0 Å². The quantitative estimate of drug-likeness (QED) is 0.399. The predicted molar refractivity (Wildman–Crippen MR) is 22.9 cm³/mol. The summed E-state index contributed by atoms with van der Waals surface area (Å²) < 4.78 is 4.80. The van der Waals surface area contributed by atoms with Crippen molar-refractivity contribution in [2.45, 2.75) is 0 Å². The van der Waals surface area contributed by atoms with E-state index in [1.54, 1.807) is 0 Å². The molecule has 3 nitrogen and oxygen atoms in total. The SMILES string of the molecule is OOCC1COC1. The van der Waals surface area contributed by atoms with E-state index in [1.165, 1.54) is 0 Å². The summed E-state index contributed by atoms with van der Waals surface area (Å²) in [6, 6.07) is 0. The van der Waals surface area contributed by atoms with Crippen molar-refractivity contribution in [2.24, 2.45) is 5.92 Å². The second-order valence-electron chi connectivity index (χ2n) is 1.70. The summed E-state index contributed by atoms with van der Waals surface area (Å²) in [6.45, 7) is 1.89. The van der Waals surface area contributed by atoms with Crippen LogP contribution in [0.25, 0.3) is 0 Å². The van der Waals surface area contributed by atoms with Gasteiger partial charge in [0.25, 0.3) is 0 Å². The van der Waals surface area contributed by atoms with Gasteiger partial charge in [-0.05, 0) is 0 Å². The Kier molecular flexibility index (Phi) is 1.62. The number of hydrogen-bond donors (Lipinski definition) is 1. The molecule has 0 unspecified atom stereocenters. The highest BCUT2D eigenvalue weighted by atomic mass is 17.1. The molecule has 0 aromatic rings. The van der Waals surface area contributed by atoms with E-state index in [0.717, 1.165) is 13.2 Å². The van der Waals surface area contributed by atoms with Crippen LogP contribution in [0.4, 0.5) is 0 Å². The van der Waals surface area contributed by atoms with Gasteiger partial charge in [0.2, 0.25) is 0 Å². The fraction of sp³-hybridized carbons (Fsp3) is 1.00. The zero-order chi connectivity index (χ0) is 5.11. The summed E-state index contributed by atoms with van der Waals surface area (Å²) >= 11 is 0. The molecule has 1 aliphatic heterocycles. The third-order valence-corrected chi connectivity index (χ3v) is 1.02. The standard InChI is InChI=1S/C4H8O3/c5-7-3-4-1-6-2-4/h4-5H,1-3H2. The molecule has 0 saturated carbocycles. The van der Waals surface area contributed by atoms with Gasteiger partial charge in [0, 0.05) is 5.92 Å². The molecule has 1 rings (SSSR count). The molecule has 7 heavy (non-hydrogen) atoms. The predicted octanol–water partition coefficient (Wildman–Crippen LogP) is 0.122. The van der Waals surface area contributed by atoms with Gasteiger partial charge in [0.15, 0.2) is 0 Å². The highest BCUT2D eigenvalue weighted by molar-refractivity contribution is 4.62. The maximum atomic E-state index is 7.85. The summed E-state index contributed by atoms with van der Waals surface area (Å²) in [7, 11) is 0. The maximum absolute atomic E-state index is 7.85. The third-order valence-electron chi connectivity index (χ3n) is 1.02. The Bertz CT molecular complexity index is 50.9. The van der Waals surface area contributed by atoms with E-state index in [0.29, 0.717) is 12.5 Å². The van der Waals surface area contributed by atoms with Crippen LogP contribution in [0.2, 0.25) is 0 Å². The zero-order valence-corrected chi connectivity index (χ0v) is 3.96. The van der Waals surface area contributed by atoms with E-state index >= 15 is 0 Å². The largest absolute Gasteiger partial charge is 0.381 e. The van der Waals surface area contributed by atoms with E-state index in [1.807, 2.05) is 0 Å². The van der Waals surface area contributed by atoms with E-state index < -0.39 is 0 Å². The number of rotatable bonds is 2. The first-order valence-electron chi connectivity index (χ1n) is 2.27. The van der Waals surface area contributed by atoms with Gasteiger partial charge in [0.05, 0.1) is 19.8 Å². The molecule has 0 amide bonds. The molecule has 1 N–H and O–H groups in total. The lowest BCUT2D eigenvalue weighted by Gasteiger charge is -2.23. The highest BCUT2D eigenvalue weighted by Gasteiger charge is 2.17. The van der Waals surface area contributed by atoms with Crippen LogP contribution in [0.3, 0.4) is 0 Å². The Morgan fingerprint density at radius 3 is 2.57 bits per heavy atom. The van der Waals surface area contributed by atoms with Crippen molar-refractivity contribution in [1.29, 1.82) is 0 Å². The molecule has 0 atom stereocenters. The first kappa shape index (κ1) is 5.03. The Morgan fingerprint density at radius 2 is 2.43 bits per heavy atom. The molecule has 3 heteroatoms. The normalized spacial score (nSPS) is 21.9. The molecule has 0 aromatic heterocycles.